The number of hydrogen-bond acceptors (Lipinski definition) is 3. The van der Waals surface area contributed by atoms with Gasteiger partial charge in [0.15, 0.2) is 5.15 Å². The fourth-order valence-corrected chi connectivity index (χ4v) is 4.82. The number of imidazole rings is 1. The van der Waals surface area contributed by atoms with Crippen molar-refractivity contribution in [1.29, 1.82) is 0 Å². The van der Waals surface area contributed by atoms with Crippen molar-refractivity contribution in [2.45, 2.75) is 59.8 Å². The van der Waals surface area contributed by atoms with Gasteiger partial charge in [0, 0.05) is 31.7 Å². The van der Waals surface area contributed by atoms with Gasteiger partial charge in [0.1, 0.15) is 11.6 Å². The Balaban J connectivity index is 1.69. The number of aryl methyl sites for hydroxylation is 1. The summed E-state index contributed by atoms with van der Waals surface area (Å²) in [6.45, 7) is 10.2. The number of aromatic nitrogens is 2. The molecule has 0 unspecified atom stereocenters. The highest BCUT2D eigenvalue weighted by Crippen LogP contribution is 2.28. The number of benzene rings is 3. The smallest absolute Gasteiger partial charge is 0.152 e. The van der Waals surface area contributed by atoms with E-state index in [0.717, 1.165) is 55.3 Å². The largest absolute Gasteiger partial charge is 0.494 e. The number of halogens is 1. The van der Waals surface area contributed by atoms with Crippen LogP contribution in [0.15, 0.2) is 78.9 Å². The van der Waals surface area contributed by atoms with Crippen LogP contribution in [0.5, 0.6) is 5.75 Å². The Labute approximate surface area is 220 Å². The highest BCUT2D eigenvalue weighted by molar-refractivity contribution is 6.30. The summed E-state index contributed by atoms with van der Waals surface area (Å²) in [4.78, 5) is 7.28. The van der Waals surface area contributed by atoms with Gasteiger partial charge in [-0.05, 0) is 43.5 Å². The van der Waals surface area contributed by atoms with Crippen molar-refractivity contribution in [1.82, 2.24) is 14.5 Å². The molecule has 4 rings (SSSR count). The van der Waals surface area contributed by atoms with Crippen molar-refractivity contribution < 1.29 is 4.74 Å². The highest BCUT2D eigenvalue weighted by Gasteiger charge is 2.20. The molecule has 3 aromatic carbocycles. The first-order valence-corrected chi connectivity index (χ1v) is 13.2. The van der Waals surface area contributed by atoms with Crippen LogP contribution in [-0.2, 0) is 26.2 Å². The third-order valence-corrected chi connectivity index (χ3v) is 6.57. The lowest BCUT2D eigenvalue weighted by atomic mass is 10.1. The summed E-state index contributed by atoms with van der Waals surface area (Å²) < 4.78 is 8.08. The molecule has 0 saturated heterocycles. The fourth-order valence-electron chi connectivity index (χ4n) is 4.58. The van der Waals surface area contributed by atoms with Gasteiger partial charge in [0.25, 0.3) is 0 Å². The summed E-state index contributed by atoms with van der Waals surface area (Å²) in [5, 5.41) is 0.585. The zero-order chi connectivity index (χ0) is 25.3. The van der Waals surface area contributed by atoms with Crippen molar-refractivity contribution in [3.63, 3.8) is 0 Å². The van der Waals surface area contributed by atoms with Gasteiger partial charge in [-0.25, -0.2) is 4.98 Å². The molecule has 0 aliphatic carbocycles. The van der Waals surface area contributed by atoms with Gasteiger partial charge in [0.05, 0.1) is 12.3 Å². The molecule has 0 atom stereocenters. The van der Waals surface area contributed by atoms with Crippen molar-refractivity contribution in [3.05, 3.63) is 106 Å². The predicted molar refractivity (Wildman–Crippen MR) is 149 cm³/mol. The fraction of sp³-hybridized carbons (Fsp3) is 0.323. The lowest BCUT2D eigenvalue weighted by Crippen LogP contribution is -2.24. The molecule has 0 fully saturated rings. The van der Waals surface area contributed by atoms with E-state index in [0.29, 0.717) is 18.3 Å². The molecule has 0 radical (unpaired) electrons. The molecule has 5 heteroatoms. The quantitative estimate of drug-likeness (QED) is 0.197. The first kappa shape index (κ1) is 26.0. The summed E-state index contributed by atoms with van der Waals surface area (Å²) in [6.07, 6.45) is 2.19. The van der Waals surface area contributed by atoms with Gasteiger partial charge in [-0.3, -0.25) is 4.90 Å². The van der Waals surface area contributed by atoms with Crippen LogP contribution in [-0.4, -0.2) is 21.1 Å². The Bertz CT molecular complexity index is 1250. The number of hydrogen-bond donors (Lipinski definition) is 0. The minimum atomic E-state index is 0.585. The third-order valence-electron chi connectivity index (χ3n) is 6.27. The molecule has 36 heavy (non-hydrogen) atoms. The molecular formula is C31H36ClN3O. The van der Waals surface area contributed by atoms with Gasteiger partial charge in [-0.1, -0.05) is 97.2 Å². The van der Waals surface area contributed by atoms with Gasteiger partial charge in [-0.15, -0.1) is 0 Å². The Kier molecular flexibility index (Phi) is 9.21. The Morgan fingerprint density at radius 1 is 0.861 bits per heavy atom. The number of rotatable bonds is 12. The minimum absolute atomic E-state index is 0.585. The summed E-state index contributed by atoms with van der Waals surface area (Å²) in [5.74, 6) is 1.85. The molecule has 1 aromatic heterocycles. The predicted octanol–water partition coefficient (Wildman–Crippen LogP) is 7.91. The second-order valence-corrected chi connectivity index (χ2v) is 9.62. The van der Waals surface area contributed by atoms with Crippen molar-refractivity contribution >= 4 is 11.6 Å². The Morgan fingerprint density at radius 3 is 2.28 bits per heavy atom. The second-order valence-electron chi connectivity index (χ2n) is 9.26. The van der Waals surface area contributed by atoms with E-state index in [1.165, 1.54) is 16.7 Å². The van der Waals surface area contributed by atoms with Crippen LogP contribution in [0.25, 0.3) is 11.4 Å². The molecule has 0 aliphatic heterocycles. The van der Waals surface area contributed by atoms with Crippen LogP contribution in [0.4, 0.5) is 0 Å². The standard InChI is InChI=1S/C31H36ClN3O/c1-4-6-18-35-29(30(32)33-31(35)27-15-8-7-9-16-27)23-34(21-25-13-10-12-24(3)19-25)22-26-14-11-17-28(20-26)36-5-2/h7-17,19-20H,4-6,18,21-23H2,1-3H3. The first-order valence-electron chi connectivity index (χ1n) is 12.9. The molecule has 0 aliphatic rings. The zero-order valence-corrected chi connectivity index (χ0v) is 22.3. The molecule has 188 valence electrons. The summed E-state index contributed by atoms with van der Waals surface area (Å²) in [7, 11) is 0. The summed E-state index contributed by atoms with van der Waals surface area (Å²) in [6, 6.07) is 27.5. The highest BCUT2D eigenvalue weighted by atomic mass is 35.5. The van der Waals surface area contributed by atoms with Crippen LogP contribution < -0.4 is 4.74 Å². The summed E-state index contributed by atoms with van der Waals surface area (Å²) >= 11 is 6.84. The van der Waals surface area contributed by atoms with Crippen molar-refractivity contribution in [2.24, 2.45) is 0 Å². The SMILES string of the molecule is CCCCn1c(-c2ccccc2)nc(Cl)c1CN(Cc1cccc(C)c1)Cc1cccc(OCC)c1. The lowest BCUT2D eigenvalue weighted by Gasteiger charge is -2.24. The van der Waals surface area contributed by atoms with Crippen LogP contribution in [0.3, 0.4) is 0 Å². The molecule has 0 bridgehead atoms. The van der Waals surface area contributed by atoms with Crippen molar-refractivity contribution in [2.75, 3.05) is 6.61 Å². The number of unbranched alkanes of at least 4 members (excludes halogenated alkanes) is 1. The maximum atomic E-state index is 6.84. The number of ether oxygens (including phenoxy) is 1. The van der Waals surface area contributed by atoms with E-state index in [4.69, 9.17) is 21.3 Å². The monoisotopic (exact) mass is 501 g/mol. The molecule has 4 nitrogen and oxygen atoms in total. The Hall–Kier alpha value is -3.08. The molecule has 1 heterocycles. The molecular weight excluding hydrogens is 466 g/mol. The average Bonchev–Trinajstić information content (AvgIpc) is 3.18. The third kappa shape index (κ3) is 6.77. The van der Waals surface area contributed by atoms with Crippen LogP contribution in [0, 0.1) is 6.92 Å². The first-order chi connectivity index (χ1) is 17.6. The summed E-state index contributed by atoms with van der Waals surface area (Å²) in [5.41, 5.74) is 5.93. The van der Waals surface area contributed by atoms with E-state index in [9.17, 15) is 0 Å². The van der Waals surface area contributed by atoms with Crippen LogP contribution in [0.2, 0.25) is 5.15 Å². The van der Waals surface area contributed by atoms with E-state index in [2.05, 4.69) is 90.0 Å². The minimum Gasteiger partial charge on any atom is -0.494 e. The van der Waals surface area contributed by atoms with Gasteiger partial charge >= 0.3 is 0 Å². The topological polar surface area (TPSA) is 30.3 Å². The zero-order valence-electron chi connectivity index (χ0n) is 21.6. The molecule has 0 saturated carbocycles. The number of nitrogens with zero attached hydrogens (tertiary/aromatic N) is 3. The van der Waals surface area contributed by atoms with E-state index in [1.54, 1.807) is 0 Å². The second kappa shape index (κ2) is 12.8. The lowest BCUT2D eigenvalue weighted by molar-refractivity contribution is 0.240. The van der Waals surface area contributed by atoms with Crippen molar-refractivity contribution in [3.8, 4) is 17.1 Å². The maximum Gasteiger partial charge on any atom is 0.152 e. The van der Waals surface area contributed by atoms with E-state index in [-0.39, 0.29) is 0 Å². The maximum absolute atomic E-state index is 6.84. The van der Waals surface area contributed by atoms with Gasteiger partial charge in [-0.2, -0.15) is 0 Å². The van der Waals surface area contributed by atoms with Gasteiger partial charge < -0.3 is 9.30 Å². The molecule has 0 N–H and O–H groups in total. The van der Waals surface area contributed by atoms with Crippen LogP contribution in [0.1, 0.15) is 49.1 Å². The van der Waals surface area contributed by atoms with E-state index >= 15 is 0 Å². The normalized spacial score (nSPS) is 11.2. The molecule has 0 spiro atoms. The van der Waals surface area contributed by atoms with Crippen LogP contribution >= 0.6 is 11.6 Å². The molecule has 0 amide bonds. The van der Waals surface area contributed by atoms with E-state index in [1.807, 2.05) is 19.1 Å². The van der Waals surface area contributed by atoms with Gasteiger partial charge in [0.2, 0.25) is 0 Å². The molecule has 4 aromatic rings. The Morgan fingerprint density at radius 2 is 1.58 bits per heavy atom. The van der Waals surface area contributed by atoms with E-state index < -0.39 is 0 Å². The average molecular weight is 502 g/mol.